The molecule has 2 nitrogen and oxygen atoms in total. The fourth-order valence-electron chi connectivity index (χ4n) is 4.79. The van der Waals surface area contributed by atoms with Gasteiger partial charge in [-0.25, -0.2) is 0 Å². The van der Waals surface area contributed by atoms with E-state index in [2.05, 4.69) is 19.9 Å². The number of fused-ring (bicyclic) bond motifs is 2. The largest absolute Gasteiger partial charge is 0.294 e. The molecule has 0 aliphatic heterocycles. The molecular formula is C26H19O2W-. The van der Waals surface area contributed by atoms with Crippen molar-refractivity contribution in [2.24, 2.45) is 0 Å². The van der Waals surface area contributed by atoms with Crippen molar-refractivity contribution in [2.75, 3.05) is 0 Å². The van der Waals surface area contributed by atoms with Gasteiger partial charge in [0.15, 0.2) is 11.6 Å². The first-order valence-electron chi connectivity index (χ1n) is 9.55. The molecule has 3 heteroatoms. The Morgan fingerprint density at radius 3 is 1.62 bits per heavy atom. The molecule has 29 heavy (non-hydrogen) atoms. The van der Waals surface area contributed by atoms with Crippen LogP contribution in [0.15, 0.2) is 54.6 Å². The van der Waals surface area contributed by atoms with Crippen LogP contribution in [0, 0.1) is 19.9 Å². The van der Waals surface area contributed by atoms with Crippen molar-refractivity contribution in [3.63, 3.8) is 0 Å². The first-order chi connectivity index (χ1) is 13.6. The van der Waals surface area contributed by atoms with Crippen LogP contribution in [0.25, 0.3) is 11.1 Å². The van der Waals surface area contributed by atoms with Gasteiger partial charge in [-0.2, -0.15) is 30.3 Å². The second-order valence-corrected chi connectivity index (χ2v) is 7.56. The molecule has 0 saturated heterocycles. The standard InChI is InChI=1S/C26H19O2.W/c1-15-19-13-21(27)26(18-11-7-4-8-12-18)24(19)16(2)20-14-22(28)25(23(15)20)17-9-5-3-6-10-17;/h3,5-12H,13-14H2,1-2H3;/q-1;. The minimum Gasteiger partial charge on any atom is -0.294 e. The summed E-state index contributed by atoms with van der Waals surface area (Å²) in [7, 11) is 0. The summed E-state index contributed by atoms with van der Waals surface area (Å²) in [5.41, 5.74) is 7.78. The Hall–Kier alpha value is -2.57. The number of Topliss-reactive ketones (excluding diaryl/α,β-unsaturated/α-hetero) is 2. The van der Waals surface area contributed by atoms with Gasteiger partial charge in [0, 0.05) is 45.1 Å². The van der Waals surface area contributed by atoms with Crippen LogP contribution in [0.4, 0.5) is 0 Å². The fraction of sp³-hybridized carbons (Fsp3) is 0.154. The van der Waals surface area contributed by atoms with E-state index >= 15 is 0 Å². The van der Waals surface area contributed by atoms with Crippen molar-refractivity contribution in [1.82, 2.24) is 0 Å². The zero-order valence-electron chi connectivity index (χ0n) is 16.3. The van der Waals surface area contributed by atoms with Crippen LogP contribution in [0.3, 0.4) is 0 Å². The molecule has 0 aromatic heterocycles. The quantitative estimate of drug-likeness (QED) is 0.463. The van der Waals surface area contributed by atoms with Crippen LogP contribution in [-0.4, -0.2) is 11.6 Å². The molecule has 0 bridgehead atoms. The van der Waals surface area contributed by atoms with E-state index in [-0.39, 0.29) is 32.6 Å². The van der Waals surface area contributed by atoms with Crippen molar-refractivity contribution in [1.29, 1.82) is 0 Å². The molecule has 142 valence electrons. The number of rotatable bonds is 2. The molecule has 2 aliphatic rings. The van der Waals surface area contributed by atoms with Gasteiger partial charge in [0.1, 0.15) is 0 Å². The van der Waals surface area contributed by atoms with E-state index < -0.39 is 0 Å². The molecule has 0 unspecified atom stereocenters. The minimum atomic E-state index is 0. The van der Waals surface area contributed by atoms with E-state index in [0.29, 0.717) is 12.8 Å². The van der Waals surface area contributed by atoms with Gasteiger partial charge in [0.25, 0.3) is 0 Å². The topological polar surface area (TPSA) is 34.1 Å². The summed E-state index contributed by atoms with van der Waals surface area (Å²) in [5.74, 6) is 0.321. The van der Waals surface area contributed by atoms with Gasteiger partial charge >= 0.3 is 0 Å². The predicted octanol–water partition coefficient (Wildman–Crippen LogP) is 2.75. The molecule has 3 aromatic carbocycles. The smallest absolute Gasteiger partial charge is 0.168 e. The monoisotopic (exact) mass is 547 g/mol. The maximum atomic E-state index is 13.0. The fourth-order valence-corrected chi connectivity index (χ4v) is 4.79. The number of benzene rings is 3. The van der Waals surface area contributed by atoms with Gasteiger partial charge in [-0.15, -0.1) is 5.56 Å². The molecule has 0 amide bonds. The van der Waals surface area contributed by atoms with Gasteiger partial charge in [0.2, 0.25) is 0 Å². The second kappa shape index (κ2) is 7.35. The number of hydrogen-bond acceptors (Lipinski definition) is 2. The first-order valence-corrected chi connectivity index (χ1v) is 9.55. The third-order valence-corrected chi connectivity index (χ3v) is 6.06. The zero-order valence-corrected chi connectivity index (χ0v) is 19.3. The minimum absolute atomic E-state index is 0. The maximum absolute atomic E-state index is 13.0. The van der Waals surface area contributed by atoms with Crippen LogP contribution < -0.4 is 10.4 Å². The number of ketones is 2. The average molecular weight is 547 g/mol. The van der Waals surface area contributed by atoms with Crippen LogP contribution >= 0.6 is 0 Å². The van der Waals surface area contributed by atoms with Crippen molar-refractivity contribution < 1.29 is 30.7 Å². The third-order valence-electron chi connectivity index (χ3n) is 6.06. The SMILES string of the molecule is Cc1c2c(c(C)c3c1=C(c1cc[c-]cc1)C(=O)C3)=C(c1ccccc1)C(=O)C2.[W]. The van der Waals surface area contributed by atoms with Crippen molar-refractivity contribution in [3.8, 4) is 0 Å². The molecule has 0 spiro atoms. The maximum Gasteiger partial charge on any atom is 0.168 e. The number of carbonyl (C=O) groups is 2. The molecule has 0 saturated carbocycles. The Kier molecular flexibility index (Phi) is 5.00. The van der Waals surface area contributed by atoms with Crippen LogP contribution in [0.5, 0.6) is 0 Å². The summed E-state index contributed by atoms with van der Waals surface area (Å²) in [5, 5.41) is 2.08. The Morgan fingerprint density at radius 2 is 1.14 bits per heavy atom. The van der Waals surface area contributed by atoms with Gasteiger partial charge in [-0.3, -0.25) is 9.59 Å². The van der Waals surface area contributed by atoms with Gasteiger partial charge in [0.05, 0.1) is 0 Å². The summed E-state index contributed by atoms with van der Waals surface area (Å²) in [6.07, 6.45) is 0.809. The number of carbonyl (C=O) groups excluding carboxylic acids is 2. The second-order valence-electron chi connectivity index (χ2n) is 7.56. The van der Waals surface area contributed by atoms with Gasteiger partial charge in [-0.1, -0.05) is 30.3 Å². The summed E-state index contributed by atoms with van der Waals surface area (Å²) in [4.78, 5) is 25.9. The Balaban J connectivity index is 0.00000205. The summed E-state index contributed by atoms with van der Waals surface area (Å²) in [6, 6.07) is 20.5. The molecular weight excluding hydrogens is 528 g/mol. The molecule has 3 aromatic rings. The summed E-state index contributed by atoms with van der Waals surface area (Å²) >= 11 is 0. The molecule has 0 atom stereocenters. The van der Waals surface area contributed by atoms with E-state index in [4.69, 9.17) is 0 Å². The van der Waals surface area contributed by atoms with E-state index in [1.165, 1.54) is 0 Å². The Morgan fingerprint density at radius 1 is 0.690 bits per heavy atom. The van der Waals surface area contributed by atoms with Crippen LogP contribution in [0.2, 0.25) is 0 Å². The van der Waals surface area contributed by atoms with Crippen LogP contribution in [0.1, 0.15) is 33.4 Å². The Labute approximate surface area is 184 Å². The van der Waals surface area contributed by atoms with Crippen molar-refractivity contribution >= 4 is 22.7 Å². The molecule has 0 radical (unpaired) electrons. The molecule has 5 rings (SSSR count). The van der Waals surface area contributed by atoms with Crippen molar-refractivity contribution in [3.05, 3.63) is 104 Å². The molecule has 2 aliphatic carbocycles. The van der Waals surface area contributed by atoms with E-state index in [0.717, 1.165) is 55.0 Å². The third kappa shape index (κ3) is 2.90. The van der Waals surface area contributed by atoms with E-state index in [9.17, 15) is 9.59 Å². The summed E-state index contributed by atoms with van der Waals surface area (Å²) < 4.78 is 0. The zero-order chi connectivity index (χ0) is 19.4. The number of hydrogen-bond donors (Lipinski definition) is 0. The molecule has 0 heterocycles. The molecule has 0 fully saturated rings. The predicted molar refractivity (Wildman–Crippen MR) is 109 cm³/mol. The molecule has 0 N–H and O–H groups in total. The normalized spacial score (nSPS) is 14.7. The van der Waals surface area contributed by atoms with Gasteiger partial charge in [-0.05, 0) is 52.1 Å². The average Bonchev–Trinajstić information content (AvgIpc) is 3.25. The first kappa shape index (κ1) is 19.7. The van der Waals surface area contributed by atoms with Crippen molar-refractivity contribution in [2.45, 2.75) is 26.7 Å². The summed E-state index contributed by atoms with van der Waals surface area (Å²) in [6.45, 7) is 4.12. The van der Waals surface area contributed by atoms with Gasteiger partial charge < -0.3 is 0 Å². The van der Waals surface area contributed by atoms with Crippen LogP contribution in [-0.2, 0) is 43.5 Å². The Bertz CT molecular complexity index is 1180. The van der Waals surface area contributed by atoms with E-state index in [1.807, 2.05) is 54.6 Å². The van der Waals surface area contributed by atoms with E-state index in [1.54, 1.807) is 0 Å².